The third-order valence-electron chi connectivity index (χ3n) is 7.00. The molecule has 2 aliphatic rings. The van der Waals surface area contributed by atoms with Crippen molar-refractivity contribution in [3.63, 3.8) is 0 Å². The molecule has 5 unspecified atom stereocenters. The number of H-pyrrole nitrogens is 1. The summed E-state index contributed by atoms with van der Waals surface area (Å²) in [6, 6.07) is 6.31. The second-order valence-electron chi connectivity index (χ2n) is 11.0. The maximum atomic E-state index is 13.9. The molecule has 0 bridgehead atoms. The van der Waals surface area contributed by atoms with Crippen LogP contribution in [-0.2, 0) is 23.4 Å². The molecule has 6 atom stereocenters. The summed E-state index contributed by atoms with van der Waals surface area (Å²) in [7, 11) is -4.25. The van der Waals surface area contributed by atoms with E-state index in [2.05, 4.69) is 10.1 Å². The van der Waals surface area contributed by atoms with Crippen LogP contribution in [0.15, 0.2) is 64.3 Å². The number of esters is 1. The average Bonchev–Trinajstić information content (AvgIpc) is 3.31. The zero-order valence-corrected chi connectivity index (χ0v) is 25.5. The predicted molar refractivity (Wildman–Crippen MR) is 155 cm³/mol. The number of hydrogen-bond acceptors (Lipinski definition) is 8. The van der Waals surface area contributed by atoms with Crippen molar-refractivity contribution >= 4 is 19.3 Å². The van der Waals surface area contributed by atoms with Crippen molar-refractivity contribution in [1.29, 1.82) is 0 Å². The molecule has 1 aliphatic carbocycles. The zero-order valence-electron chi connectivity index (χ0n) is 24.6. The molecule has 2 N–H and O–H groups in total. The number of aromatic amines is 1. The first-order valence-corrected chi connectivity index (χ1v) is 15.6. The fourth-order valence-electron chi connectivity index (χ4n) is 4.81. The normalized spacial score (nSPS) is 24.0. The van der Waals surface area contributed by atoms with Crippen molar-refractivity contribution in [2.75, 3.05) is 6.61 Å². The number of nitrogens with one attached hydrogen (secondary N) is 2. The molecule has 0 saturated carbocycles. The summed E-state index contributed by atoms with van der Waals surface area (Å²) in [5.41, 5.74) is 0.0558. The SMILES string of the molecule is CC(C)OC(=O)[C@H](C)NP(=O)(OCC1CC(C)C(n2ccc(=O)[nH]c2=O)O1)Oc1ccc(C2=CCC(C(F)(F)F)C=C2)cc1. The number of carbonyl (C=O) groups is 1. The summed E-state index contributed by atoms with van der Waals surface area (Å²) in [5.74, 6) is -2.27. The molecule has 15 heteroatoms. The van der Waals surface area contributed by atoms with Gasteiger partial charge in [0, 0.05) is 18.2 Å². The fourth-order valence-corrected chi connectivity index (χ4v) is 6.33. The summed E-state index contributed by atoms with van der Waals surface area (Å²) >= 11 is 0. The van der Waals surface area contributed by atoms with E-state index in [1.807, 2.05) is 6.92 Å². The number of carbonyl (C=O) groups excluding carboxylic acids is 1. The minimum absolute atomic E-state index is 0.112. The molecule has 240 valence electrons. The van der Waals surface area contributed by atoms with E-state index < -0.39 is 61.5 Å². The minimum atomic E-state index is -4.31. The third-order valence-corrected chi connectivity index (χ3v) is 8.64. The van der Waals surface area contributed by atoms with Gasteiger partial charge < -0.3 is 14.0 Å². The van der Waals surface area contributed by atoms with Gasteiger partial charge in [-0.15, -0.1) is 0 Å². The van der Waals surface area contributed by atoms with Gasteiger partial charge in [0.15, 0.2) is 0 Å². The van der Waals surface area contributed by atoms with E-state index in [-0.39, 0.29) is 24.7 Å². The molecule has 2 heterocycles. The molecule has 1 saturated heterocycles. The Kier molecular flexibility index (Phi) is 10.4. The molecule has 4 rings (SSSR count). The van der Waals surface area contributed by atoms with Gasteiger partial charge in [-0.3, -0.25) is 23.7 Å². The summed E-state index contributed by atoms with van der Waals surface area (Å²) < 4.78 is 76.8. The van der Waals surface area contributed by atoms with Gasteiger partial charge in [0.05, 0.1) is 24.7 Å². The highest BCUT2D eigenvalue weighted by Crippen LogP contribution is 2.46. The Bertz CT molecular complexity index is 1550. The number of aromatic nitrogens is 2. The van der Waals surface area contributed by atoms with Gasteiger partial charge in [-0.25, -0.2) is 9.36 Å². The van der Waals surface area contributed by atoms with Crippen LogP contribution in [0.5, 0.6) is 5.75 Å². The number of rotatable bonds is 11. The van der Waals surface area contributed by atoms with Crippen molar-refractivity contribution in [1.82, 2.24) is 14.6 Å². The van der Waals surface area contributed by atoms with Crippen LogP contribution in [0, 0.1) is 11.8 Å². The van der Waals surface area contributed by atoms with Crippen LogP contribution in [0.3, 0.4) is 0 Å². The van der Waals surface area contributed by atoms with Crippen LogP contribution in [0.1, 0.15) is 52.3 Å². The largest absolute Gasteiger partial charge is 0.462 e. The van der Waals surface area contributed by atoms with Crippen LogP contribution in [-0.4, -0.2) is 46.6 Å². The molecule has 0 amide bonds. The number of hydrogen-bond donors (Lipinski definition) is 2. The lowest BCUT2D eigenvalue weighted by molar-refractivity contribution is -0.160. The van der Waals surface area contributed by atoms with Crippen LogP contribution in [0.2, 0.25) is 0 Å². The number of nitrogens with zero attached hydrogens (tertiary/aromatic N) is 1. The van der Waals surface area contributed by atoms with Crippen molar-refractivity contribution in [2.45, 2.75) is 71.2 Å². The molecular weight excluding hydrogens is 606 g/mol. The maximum Gasteiger partial charge on any atom is 0.459 e. The average molecular weight is 642 g/mol. The van der Waals surface area contributed by atoms with E-state index in [1.54, 1.807) is 26.0 Å². The Labute approximate surface area is 251 Å². The van der Waals surface area contributed by atoms with Gasteiger partial charge in [0.1, 0.15) is 18.0 Å². The number of benzene rings is 1. The lowest BCUT2D eigenvalue weighted by atomic mass is 9.93. The second-order valence-corrected chi connectivity index (χ2v) is 12.7. The molecule has 44 heavy (non-hydrogen) atoms. The molecule has 1 aromatic heterocycles. The van der Waals surface area contributed by atoms with E-state index in [9.17, 15) is 32.1 Å². The van der Waals surface area contributed by atoms with E-state index in [0.717, 1.165) is 6.08 Å². The highest BCUT2D eigenvalue weighted by Gasteiger charge is 2.39. The number of halogens is 3. The number of ether oxygens (including phenoxy) is 2. The highest BCUT2D eigenvalue weighted by atomic mass is 31.2. The number of allylic oxidation sites excluding steroid dienone is 4. The molecule has 2 aromatic rings. The van der Waals surface area contributed by atoms with Gasteiger partial charge in [0.25, 0.3) is 5.56 Å². The number of alkyl halides is 3. The maximum absolute atomic E-state index is 13.9. The monoisotopic (exact) mass is 641 g/mol. The lowest BCUT2D eigenvalue weighted by Gasteiger charge is -2.25. The quantitative estimate of drug-likeness (QED) is 0.253. The van der Waals surface area contributed by atoms with Crippen LogP contribution in [0.4, 0.5) is 13.2 Å². The third kappa shape index (κ3) is 8.59. The Balaban J connectivity index is 1.47. The molecule has 1 aliphatic heterocycles. The second kappa shape index (κ2) is 13.7. The fraction of sp³-hybridized carbons (Fsp3) is 0.483. The molecule has 1 fully saturated rings. The summed E-state index contributed by atoms with van der Waals surface area (Å²) in [5, 5.41) is 2.59. The van der Waals surface area contributed by atoms with Gasteiger partial charge in [-0.1, -0.05) is 37.3 Å². The van der Waals surface area contributed by atoms with Crippen molar-refractivity contribution < 1.29 is 41.1 Å². The Morgan fingerprint density at radius 2 is 1.89 bits per heavy atom. The topological polar surface area (TPSA) is 138 Å². The van der Waals surface area contributed by atoms with Crippen LogP contribution < -0.4 is 20.9 Å². The smallest absolute Gasteiger partial charge is 0.459 e. The molecular formula is C29H35F3N3O8P. The first-order valence-electron chi connectivity index (χ1n) is 14.1. The zero-order chi connectivity index (χ0) is 32.2. The summed E-state index contributed by atoms with van der Waals surface area (Å²) in [4.78, 5) is 38.4. The first kappa shape index (κ1) is 33.4. The predicted octanol–water partition coefficient (Wildman–Crippen LogP) is 5.12. The van der Waals surface area contributed by atoms with E-state index in [1.165, 1.54) is 48.0 Å². The standard InChI is InChI=1S/C29H35F3N3O8P/c1-17(2)41-27(37)19(4)34-44(39,40-16-24-15-18(3)26(42-24)35-14-13-25(36)33-28(35)38)43-23-11-7-21(8-12-23)20-5-9-22(10-6-20)29(30,31)32/h5-9,11-14,17-19,22,24,26H,10,15-16H2,1-4H3,(H,34,39)(H,33,36,38)/t18?,19-,22?,24?,26?,44?/m0/s1. The first-order chi connectivity index (χ1) is 20.6. The Morgan fingerprint density at radius 1 is 1.18 bits per heavy atom. The van der Waals surface area contributed by atoms with Crippen LogP contribution >= 0.6 is 7.75 Å². The summed E-state index contributed by atoms with van der Waals surface area (Å²) in [6.45, 7) is 6.40. The highest BCUT2D eigenvalue weighted by molar-refractivity contribution is 7.52. The van der Waals surface area contributed by atoms with Crippen LogP contribution in [0.25, 0.3) is 5.57 Å². The Hall–Kier alpha value is -3.45. The minimum Gasteiger partial charge on any atom is -0.462 e. The van der Waals surface area contributed by atoms with E-state index in [4.69, 9.17) is 18.5 Å². The van der Waals surface area contributed by atoms with Crippen molar-refractivity contribution in [3.8, 4) is 5.75 Å². The van der Waals surface area contributed by atoms with Gasteiger partial charge >= 0.3 is 25.6 Å². The van der Waals surface area contributed by atoms with Gasteiger partial charge in [-0.2, -0.15) is 18.3 Å². The van der Waals surface area contributed by atoms with Crippen molar-refractivity contribution in [2.24, 2.45) is 11.8 Å². The van der Waals surface area contributed by atoms with E-state index in [0.29, 0.717) is 17.6 Å². The lowest BCUT2D eigenvalue weighted by Crippen LogP contribution is -2.36. The molecule has 0 radical (unpaired) electrons. The molecule has 11 nitrogen and oxygen atoms in total. The van der Waals surface area contributed by atoms with Gasteiger partial charge in [-0.05, 0) is 56.9 Å². The summed E-state index contributed by atoms with van der Waals surface area (Å²) in [6.07, 6.45) is -0.440. The van der Waals surface area contributed by atoms with E-state index >= 15 is 0 Å². The van der Waals surface area contributed by atoms with Crippen molar-refractivity contribution in [3.05, 3.63) is 81.2 Å². The molecule has 0 spiro atoms. The Morgan fingerprint density at radius 3 is 2.48 bits per heavy atom. The molecule has 1 aromatic carbocycles. The van der Waals surface area contributed by atoms with Gasteiger partial charge in [0.2, 0.25) is 0 Å².